The number of esters is 6. The van der Waals surface area contributed by atoms with Gasteiger partial charge in [0.05, 0.1) is 39.5 Å². The van der Waals surface area contributed by atoms with Gasteiger partial charge in [0.15, 0.2) is 0 Å². The van der Waals surface area contributed by atoms with Gasteiger partial charge in [-0.1, -0.05) is 119 Å². The van der Waals surface area contributed by atoms with E-state index in [0.29, 0.717) is 88.4 Å². The van der Waals surface area contributed by atoms with E-state index in [-0.39, 0.29) is 88.8 Å². The first-order valence-corrected chi connectivity index (χ1v) is 37.2. The van der Waals surface area contributed by atoms with Crippen LogP contribution in [0.25, 0.3) is 0 Å². The fourth-order valence-corrected chi connectivity index (χ4v) is 8.54. The molecule has 2 amide bonds. The summed E-state index contributed by atoms with van der Waals surface area (Å²) in [5, 5.41) is 41.0. The van der Waals surface area contributed by atoms with Crippen molar-refractivity contribution in [2.45, 2.75) is 267 Å². The maximum atomic E-state index is 12.5. The van der Waals surface area contributed by atoms with E-state index in [2.05, 4.69) is 34.6 Å². The van der Waals surface area contributed by atoms with Crippen LogP contribution in [0.15, 0.2) is 84.9 Å². The van der Waals surface area contributed by atoms with Gasteiger partial charge in [0.25, 0.3) is 15.3 Å². The van der Waals surface area contributed by atoms with Gasteiger partial charge in [0.1, 0.15) is 67.0 Å². The summed E-state index contributed by atoms with van der Waals surface area (Å²) in [5.74, 6) is -3.42. The highest BCUT2D eigenvalue weighted by Crippen LogP contribution is 2.19. The zero-order chi connectivity index (χ0) is 86.0. The second-order valence-electron chi connectivity index (χ2n) is 29.0. The number of hydrogen-bond donors (Lipinski definition) is 4. The Labute approximate surface area is 660 Å². The summed E-state index contributed by atoms with van der Waals surface area (Å²) in [6, 6.07) is 23.6. The summed E-state index contributed by atoms with van der Waals surface area (Å²) in [5.41, 5.74) is 6.10. The molecule has 3 aromatic rings. The molecule has 0 fully saturated rings. The van der Waals surface area contributed by atoms with Crippen molar-refractivity contribution >= 4 is 60.1 Å². The van der Waals surface area contributed by atoms with Crippen LogP contribution in [-0.4, -0.2) is 167 Å². The first kappa shape index (κ1) is 104. The first-order chi connectivity index (χ1) is 52.8. The third-order valence-electron chi connectivity index (χ3n) is 13.7. The standard InChI is InChI=1S/C21H32N2O7.C20H30O4.C15H20N2O7.C13H24O4.C8H14N2O8/c1-5-17(30-23(26)27)13-9-10-14-28-19(24)18(15-16-11-7-6-8-12-16)22-20(25)29-21(2,3)4;1-5-6-12-18(21)23-15-17(13-16-10-8-7-9-11-16)14-19(22)24-20(2,3)4;1-15(2,3)24-14(19)16-8-13(18)22-9-11-4-6-12(7-5-11)10-23-17(20)21;1-5-6-8-11(14)16-10-7-9-12(15)17-13(2,3)4;9-6(7(11)12)5-17-8(13)16-3-1-2-4-18-10(14)15/h6-8,11-12,17-18H,5,9-10,13-15H2,1-4H3,(H,22,25);7-11,17H,5-6,12-15H2,1-4H3;4-7H,8-10H2,1-3H3,(H,16,19);5-10H2,1-4H3;6H,1-5,9H2,(H,11,12)/t;17-;;;/m.1.../s1. The van der Waals surface area contributed by atoms with Gasteiger partial charge in [-0.15, -0.1) is 30.3 Å². The predicted molar refractivity (Wildman–Crippen MR) is 408 cm³/mol. The minimum atomic E-state index is -1.30. The number of carboxylic acids is 1. The molecule has 0 aliphatic heterocycles. The molecule has 0 heterocycles. The number of ether oxygens (including phenoxy) is 10. The lowest BCUT2D eigenvalue weighted by Crippen LogP contribution is -2.45. The SMILES string of the molecule is CC(C)(C)OC(=O)NCC(=O)OCc1ccc(CO[N+](=O)[O-])cc1.CCC(CCCCOC(=O)C(Cc1ccccc1)NC(=O)OC(C)(C)C)O[N+](=O)[O-].CCCCC(=O)OCCCC(=O)OC(C)(C)C.CCCCC(=O)OC[C@@H](CC(=O)OC(C)(C)C)Cc1ccccc1.NC(COC(=O)OCCCCO[N+](=O)[O-])C(=O)O. The van der Waals surface area contributed by atoms with Crippen LogP contribution in [0, 0.1) is 36.3 Å². The van der Waals surface area contributed by atoms with E-state index in [9.17, 15) is 78.3 Å². The van der Waals surface area contributed by atoms with Crippen LogP contribution in [0.1, 0.15) is 222 Å². The summed E-state index contributed by atoms with van der Waals surface area (Å²) in [6.07, 6.45) is 6.49. The molecule has 0 aromatic heterocycles. The van der Waals surface area contributed by atoms with E-state index < -0.39 is 98.7 Å². The Bertz CT molecular complexity index is 3260. The topological polar surface area (TPSA) is 490 Å². The van der Waals surface area contributed by atoms with E-state index in [1.807, 2.05) is 123 Å². The largest absolute Gasteiger partial charge is 0.508 e. The van der Waals surface area contributed by atoms with Gasteiger partial charge in [-0.3, -0.25) is 28.8 Å². The summed E-state index contributed by atoms with van der Waals surface area (Å²) in [6.45, 7) is 26.9. The second-order valence-corrected chi connectivity index (χ2v) is 29.0. The lowest BCUT2D eigenvalue weighted by Gasteiger charge is -2.23. The number of unbranched alkanes of at least 4 members (excludes halogenated alkanes) is 4. The number of hydrogen-bond acceptors (Lipinski definition) is 30. The molecule has 3 unspecified atom stereocenters. The van der Waals surface area contributed by atoms with E-state index in [4.69, 9.17) is 48.7 Å². The molecule has 638 valence electrons. The van der Waals surface area contributed by atoms with E-state index in [1.165, 1.54) is 0 Å². The number of nitrogens with one attached hydrogen (secondary N) is 2. The number of benzene rings is 3. The Morgan fingerprint density at radius 3 is 1.43 bits per heavy atom. The molecule has 3 aromatic carbocycles. The summed E-state index contributed by atoms with van der Waals surface area (Å²) < 4.78 is 50.4. The number of amides is 2. The quantitative estimate of drug-likeness (QED) is 0.0134. The molecule has 3 rings (SSSR count). The number of carboxylic acid groups (broad SMARTS) is 1. The fraction of sp³-hybridized carbons (Fsp3) is 0.636. The van der Waals surface area contributed by atoms with Crippen molar-refractivity contribution in [3.63, 3.8) is 0 Å². The molecule has 0 saturated carbocycles. The minimum absolute atomic E-state index is 0.0117. The smallest absolute Gasteiger partial charge is 0.480 e. The summed E-state index contributed by atoms with van der Waals surface area (Å²) in [4.78, 5) is 158. The maximum absolute atomic E-state index is 12.5. The monoisotopic (exact) mass is 1610 g/mol. The lowest BCUT2D eigenvalue weighted by molar-refractivity contribution is -0.768. The predicted octanol–water partition coefficient (Wildman–Crippen LogP) is 12.5. The van der Waals surface area contributed by atoms with Crippen LogP contribution in [0.5, 0.6) is 0 Å². The normalized spacial score (nSPS) is 11.9. The van der Waals surface area contributed by atoms with Crippen LogP contribution >= 0.6 is 0 Å². The number of aliphatic carboxylic acids is 1. The van der Waals surface area contributed by atoms with Crippen molar-refractivity contribution in [2.75, 3.05) is 46.2 Å². The Hall–Kier alpha value is -10.7. The van der Waals surface area contributed by atoms with Crippen molar-refractivity contribution in [2.24, 2.45) is 11.7 Å². The van der Waals surface area contributed by atoms with Gasteiger partial charge >= 0.3 is 60.1 Å². The Kier molecular flexibility index (Phi) is 54.6. The molecular formula is C77H120N6O30. The van der Waals surface area contributed by atoms with Crippen LogP contribution < -0.4 is 16.4 Å². The van der Waals surface area contributed by atoms with Gasteiger partial charge in [-0.05, 0) is 170 Å². The highest BCUT2D eigenvalue weighted by Gasteiger charge is 2.28. The zero-order valence-electron chi connectivity index (χ0n) is 68.0. The van der Waals surface area contributed by atoms with Crippen molar-refractivity contribution in [3.8, 4) is 0 Å². The van der Waals surface area contributed by atoms with Crippen molar-refractivity contribution in [1.29, 1.82) is 0 Å². The molecule has 0 bridgehead atoms. The number of nitrogens with two attached hydrogens (primary N) is 1. The van der Waals surface area contributed by atoms with E-state index in [0.717, 1.165) is 36.8 Å². The fourth-order valence-electron chi connectivity index (χ4n) is 8.54. The number of carbonyl (C=O) groups is 10. The maximum Gasteiger partial charge on any atom is 0.508 e. The molecule has 0 radical (unpaired) electrons. The average Bonchev–Trinajstić information content (AvgIpc) is 0.843. The van der Waals surface area contributed by atoms with Crippen molar-refractivity contribution in [3.05, 3.63) is 138 Å². The van der Waals surface area contributed by atoms with Crippen LogP contribution in [-0.2, 0) is 121 Å². The van der Waals surface area contributed by atoms with Gasteiger partial charge in [0.2, 0.25) is 0 Å². The molecular weight excluding hydrogens is 1490 g/mol. The highest BCUT2D eigenvalue weighted by atomic mass is 17.0. The van der Waals surface area contributed by atoms with Crippen molar-refractivity contribution in [1.82, 2.24) is 10.6 Å². The zero-order valence-corrected chi connectivity index (χ0v) is 68.0. The van der Waals surface area contributed by atoms with E-state index >= 15 is 0 Å². The minimum Gasteiger partial charge on any atom is -0.480 e. The molecule has 36 nitrogen and oxygen atoms in total. The molecule has 4 atom stereocenters. The van der Waals surface area contributed by atoms with Crippen LogP contribution in [0.2, 0.25) is 0 Å². The molecule has 36 heteroatoms. The third kappa shape index (κ3) is 66.8. The summed E-state index contributed by atoms with van der Waals surface area (Å²) >= 11 is 0. The molecule has 113 heavy (non-hydrogen) atoms. The Morgan fingerprint density at radius 2 is 0.929 bits per heavy atom. The second kappa shape index (κ2) is 59.1. The molecule has 0 spiro atoms. The van der Waals surface area contributed by atoms with Gasteiger partial charge in [-0.25, -0.2) is 19.2 Å². The van der Waals surface area contributed by atoms with Crippen LogP contribution in [0.3, 0.4) is 0 Å². The molecule has 0 aliphatic carbocycles. The summed E-state index contributed by atoms with van der Waals surface area (Å²) in [7, 11) is 0. The lowest BCUT2D eigenvalue weighted by atomic mass is 9.97. The van der Waals surface area contributed by atoms with Crippen molar-refractivity contribution < 1.29 is 130 Å². The molecule has 0 aliphatic rings. The first-order valence-electron chi connectivity index (χ1n) is 37.2. The van der Waals surface area contributed by atoms with E-state index in [1.54, 1.807) is 65.8 Å². The molecule has 5 N–H and O–H groups in total. The van der Waals surface area contributed by atoms with Gasteiger partial charge < -0.3 is 83.4 Å². The third-order valence-corrected chi connectivity index (χ3v) is 13.7. The highest BCUT2D eigenvalue weighted by molar-refractivity contribution is 5.82. The average molecular weight is 1610 g/mol. The number of rotatable bonds is 44. The number of alkyl carbamates (subject to hydrolysis) is 2. The number of carbonyl (C=O) groups excluding carboxylic acids is 9. The Balaban J connectivity index is 0. The van der Waals surface area contributed by atoms with Gasteiger partial charge in [-0.2, -0.15) is 0 Å². The van der Waals surface area contributed by atoms with Gasteiger partial charge in [0, 0.05) is 31.6 Å². The van der Waals surface area contributed by atoms with Crippen LogP contribution in [0.4, 0.5) is 14.4 Å². The molecule has 0 saturated heterocycles. The number of nitrogens with zero attached hydrogens (tertiary/aromatic N) is 3. The Morgan fingerprint density at radius 1 is 0.460 bits per heavy atom.